The van der Waals surface area contributed by atoms with Crippen LogP contribution in [0.3, 0.4) is 0 Å². The van der Waals surface area contributed by atoms with Gasteiger partial charge in [0, 0.05) is 11.4 Å². The summed E-state index contributed by atoms with van der Waals surface area (Å²) in [5, 5.41) is 10.2. The molecule has 0 atom stereocenters. The van der Waals surface area contributed by atoms with Crippen molar-refractivity contribution in [2.75, 3.05) is 33.9 Å². The molecule has 21 heavy (non-hydrogen) atoms. The van der Waals surface area contributed by atoms with Crippen LogP contribution < -0.4 is 39.4 Å². The molecule has 112 valence electrons. The summed E-state index contributed by atoms with van der Waals surface area (Å²) in [6.07, 6.45) is 0. The van der Waals surface area contributed by atoms with Crippen LogP contribution in [0, 0.1) is 13.8 Å². The van der Waals surface area contributed by atoms with Gasteiger partial charge in [0.25, 0.3) is 0 Å². The second kappa shape index (κ2) is 10.5. The largest absolute Gasteiger partial charge is 1.00 e. The first-order chi connectivity index (χ1) is 9.43. The minimum Gasteiger partial charge on any atom is -0.548 e. The van der Waals surface area contributed by atoms with E-state index in [0.717, 1.165) is 16.9 Å². The van der Waals surface area contributed by atoms with Crippen LogP contribution in [-0.4, -0.2) is 44.2 Å². The van der Waals surface area contributed by atoms with Crippen LogP contribution in [0.25, 0.3) is 0 Å². The average Bonchev–Trinajstić information content (AvgIpc) is 2.38. The third kappa shape index (κ3) is 7.54. The fourth-order valence-corrected chi connectivity index (χ4v) is 2.61. The predicted octanol–water partition coefficient (Wildman–Crippen LogP) is -1.98. The van der Waals surface area contributed by atoms with Crippen molar-refractivity contribution < 1.29 is 48.9 Å². The van der Waals surface area contributed by atoms with Gasteiger partial charge in [0.05, 0.1) is 26.3 Å². The van der Waals surface area contributed by atoms with Crippen molar-refractivity contribution in [3.8, 4) is 5.75 Å². The Balaban J connectivity index is 0.00000400. The molecule has 0 saturated heterocycles. The fraction of sp³-hybridized carbons (Fsp3) is 0.500. The van der Waals surface area contributed by atoms with E-state index >= 15 is 0 Å². The van der Waals surface area contributed by atoms with Crippen molar-refractivity contribution >= 4 is 17.9 Å². The summed E-state index contributed by atoms with van der Waals surface area (Å²) < 4.78 is 12.2. The van der Waals surface area contributed by atoms with E-state index in [4.69, 9.17) is 9.47 Å². The van der Waals surface area contributed by atoms with Crippen molar-refractivity contribution in [1.29, 1.82) is 0 Å². The Kier molecular flexibility index (Phi) is 10.4. The number of methoxy groups -OCH3 is 1. The maximum atomic E-state index is 10.2. The van der Waals surface area contributed by atoms with E-state index in [-0.39, 0.29) is 36.2 Å². The first kappa shape index (κ1) is 20.8. The number of carbonyl (C=O) groups is 1. The van der Waals surface area contributed by atoms with Gasteiger partial charge in [0.1, 0.15) is 5.75 Å². The third-order valence-electron chi connectivity index (χ3n) is 2.69. The molecule has 0 amide bonds. The molecule has 0 spiro atoms. The third-order valence-corrected chi connectivity index (χ3v) is 4.01. The van der Waals surface area contributed by atoms with E-state index in [0.29, 0.717) is 13.2 Å². The topological polar surface area (TPSA) is 61.8 Å². The van der Waals surface area contributed by atoms with Gasteiger partial charge < -0.3 is 19.4 Å². The Bertz CT molecular complexity index is 447. The van der Waals surface area contributed by atoms with E-state index in [1.54, 1.807) is 19.1 Å². The zero-order valence-electron chi connectivity index (χ0n) is 13.3. The number of carboxylic acid groups (broad SMARTS) is 1. The van der Waals surface area contributed by atoms with Gasteiger partial charge in [0.2, 0.25) is 0 Å². The molecule has 0 aliphatic rings. The van der Waals surface area contributed by atoms with Gasteiger partial charge in [-0.1, -0.05) is 0 Å². The summed E-state index contributed by atoms with van der Waals surface area (Å²) in [4.78, 5) is 11.4. The maximum Gasteiger partial charge on any atom is 1.00 e. The Morgan fingerprint density at radius 1 is 1.33 bits per heavy atom. The monoisotopic (exact) mass is 321 g/mol. The molecule has 0 aromatic heterocycles. The van der Waals surface area contributed by atoms with E-state index in [1.807, 2.05) is 37.3 Å². The number of likely N-dealkylation sites (N-methyl/N-ethyl adjacent to an activating group) is 1. The summed E-state index contributed by atoms with van der Waals surface area (Å²) in [6, 6.07) is 3.99. The summed E-state index contributed by atoms with van der Waals surface area (Å²) >= 11 is 1.61. The quantitative estimate of drug-likeness (QED) is 0.314. The first-order valence-corrected chi connectivity index (χ1v) is 7.03. The number of ether oxygens (including phenoxy) is 2. The number of carboxylic acids is 1. The number of hydrogen-bond donors (Lipinski definition) is 0. The van der Waals surface area contributed by atoms with Crippen LogP contribution in [0.5, 0.6) is 5.75 Å². The smallest absolute Gasteiger partial charge is 0.548 e. The normalized spacial score (nSPS) is 10.3. The van der Waals surface area contributed by atoms with Gasteiger partial charge in [-0.15, -0.1) is 0 Å². The molecule has 5 nitrogen and oxygen atoms in total. The van der Waals surface area contributed by atoms with Crippen molar-refractivity contribution in [3.05, 3.63) is 23.3 Å². The first-order valence-electron chi connectivity index (χ1n) is 6.26. The molecule has 0 fully saturated rings. The van der Waals surface area contributed by atoms with Crippen LogP contribution in [0.4, 0.5) is 0 Å². The minimum absolute atomic E-state index is 0. The Morgan fingerprint density at radius 3 is 2.38 bits per heavy atom. The molecular weight excluding hydrogens is 301 g/mol. The van der Waals surface area contributed by atoms with E-state index in [9.17, 15) is 9.90 Å². The van der Waals surface area contributed by atoms with Gasteiger partial charge in [-0.3, -0.25) is 0 Å². The van der Waals surface area contributed by atoms with Crippen molar-refractivity contribution in [2.45, 2.75) is 18.7 Å². The van der Waals surface area contributed by atoms with Gasteiger partial charge in [0.15, 0.2) is 0 Å². The standard InChI is InChI=1S/C14H21NO4S.Na/c1-10-7-12(18-4)8-11(2)14(10)20-15(3)5-6-19-9-13(16)17;/h7-8H,5-6,9H2,1-4H3,(H,16,17);/q;+1/p-1. The van der Waals surface area contributed by atoms with E-state index in [1.165, 1.54) is 4.90 Å². The molecule has 0 saturated carbocycles. The molecule has 1 aromatic rings. The Labute approximate surface area is 152 Å². The predicted molar refractivity (Wildman–Crippen MR) is 76.8 cm³/mol. The molecule has 0 unspecified atom stereocenters. The Morgan fingerprint density at radius 2 is 1.90 bits per heavy atom. The van der Waals surface area contributed by atoms with Gasteiger partial charge in [-0.25, -0.2) is 4.31 Å². The number of aryl methyl sites for hydroxylation is 2. The fourth-order valence-electron chi connectivity index (χ4n) is 1.72. The molecule has 0 radical (unpaired) electrons. The number of hydrogen-bond acceptors (Lipinski definition) is 6. The summed E-state index contributed by atoms with van der Waals surface area (Å²) in [5.74, 6) is -0.341. The second-order valence-corrected chi connectivity index (χ2v) is 5.67. The number of nitrogens with zero attached hydrogens (tertiary/aromatic N) is 1. The van der Waals surface area contributed by atoms with Crippen molar-refractivity contribution in [1.82, 2.24) is 4.31 Å². The zero-order valence-corrected chi connectivity index (χ0v) is 16.1. The van der Waals surface area contributed by atoms with Crippen molar-refractivity contribution in [2.24, 2.45) is 0 Å². The van der Waals surface area contributed by atoms with Crippen LogP contribution in [-0.2, 0) is 9.53 Å². The zero-order chi connectivity index (χ0) is 15.1. The molecule has 0 heterocycles. The van der Waals surface area contributed by atoms with Crippen LogP contribution in [0.1, 0.15) is 11.1 Å². The van der Waals surface area contributed by atoms with Gasteiger partial charge in [-0.2, -0.15) is 0 Å². The SMILES string of the molecule is COc1cc(C)c(SN(C)CCOCC(=O)[O-])c(C)c1.[Na+]. The molecule has 1 rings (SSSR count). The van der Waals surface area contributed by atoms with Crippen LogP contribution in [0.2, 0.25) is 0 Å². The summed E-state index contributed by atoms with van der Waals surface area (Å²) in [5.41, 5.74) is 2.30. The van der Waals surface area contributed by atoms with Crippen LogP contribution >= 0.6 is 11.9 Å². The van der Waals surface area contributed by atoms with E-state index in [2.05, 4.69) is 0 Å². The number of rotatable bonds is 8. The molecule has 0 N–H and O–H groups in total. The summed E-state index contributed by atoms with van der Waals surface area (Å²) in [7, 11) is 3.60. The molecule has 0 aliphatic carbocycles. The number of carbonyl (C=O) groups excluding carboxylic acids is 1. The molecule has 7 heteroatoms. The minimum atomic E-state index is -1.19. The van der Waals surface area contributed by atoms with Crippen molar-refractivity contribution in [3.63, 3.8) is 0 Å². The summed E-state index contributed by atoms with van der Waals surface area (Å²) in [6.45, 7) is 4.70. The number of aliphatic carboxylic acids is 1. The molecule has 0 aliphatic heterocycles. The average molecular weight is 321 g/mol. The van der Waals surface area contributed by atoms with Gasteiger partial charge >= 0.3 is 29.6 Å². The van der Waals surface area contributed by atoms with Crippen LogP contribution in [0.15, 0.2) is 17.0 Å². The van der Waals surface area contributed by atoms with Gasteiger partial charge in [-0.05, 0) is 56.1 Å². The molecule has 0 bridgehead atoms. The Hall–Kier alpha value is -0.240. The molecule has 1 aromatic carbocycles. The number of benzene rings is 1. The maximum absolute atomic E-state index is 10.2. The second-order valence-electron chi connectivity index (χ2n) is 4.46. The van der Waals surface area contributed by atoms with E-state index < -0.39 is 5.97 Å². The molecular formula is C14H20NNaO4S.